The highest BCUT2D eigenvalue weighted by Gasteiger charge is 2.14. The number of amides is 2. The number of aryl methyl sites for hydroxylation is 1. The van der Waals surface area contributed by atoms with Crippen molar-refractivity contribution >= 4 is 11.8 Å². The van der Waals surface area contributed by atoms with Gasteiger partial charge in [0.15, 0.2) is 5.43 Å². The Morgan fingerprint density at radius 2 is 1.95 bits per heavy atom. The number of hydrogen-bond acceptors (Lipinski definition) is 3. The number of carbonyl (C=O) groups excluding carboxylic acids is 2. The molecule has 6 nitrogen and oxygen atoms in total. The SMILES string of the molecule is Cc1cc(=O)c(C(=O)NCCC(=O)NC(C)(C)C)c[nH]1. The van der Waals surface area contributed by atoms with Crippen LogP contribution >= 0.6 is 0 Å². The molecular formula is C14H21N3O3. The molecule has 0 aliphatic carbocycles. The van der Waals surface area contributed by atoms with Gasteiger partial charge in [-0.05, 0) is 27.7 Å². The molecule has 0 fully saturated rings. The fraction of sp³-hybridized carbons (Fsp3) is 0.500. The number of aromatic nitrogens is 1. The Bertz CT molecular complexity index is 556. The van der Waals surface area contributed by atoms with Crippen LogP contribution in [0.25, 0.3) is 0 Å². The number of carbonyl (C=O) groups is 2. The van der Waals surface area contributed by atoms with Crippen LogP contribution in [0.5, 0.6) is 0 Å². The Hall–Kier alpha value is -2.11. The van der Waals surface area contributed by atoms with Crippen LogP contribution < -0.4 is 16.1 Å². The Labute approximate surface area is 118 Å². The predicted octanol–water partition coefficient (Wildman–Crippen LogP) is 0.718. The van der Waals surface area contributed by atoms with E-state index in [0.29, 0.717) is 5.69 Å². The maximum absolute atomic E-state index is 11.8. The summed E-state index contributed by atoms with van der Waals surface area (Å²) in [7, 11) is 0. The van der Waals surface area contributed by atoms with Crippen LogP contribution in [0.4, 0.5) is 0 Å². The molecule has 0 aliphatic rings. The molecule has 1 aromatic heterocycles. The molecular weight excluding hydrogens is 258 g/mol. The first-order valence-electron chi connectivity index (χ1n) is 6.47. The third-order valence-electron chi connectivity index (χ3n) is 2.45. The third kappa shape index (κ3) is 5.26. The number of aromatic amines is 1. The molecule has 1 aromatic rings. The standard InChI is InChI=1S/C14H21N3O3/c1-9-7-11(18)10(8-16-9)13(20)15-6-5-12(19)17-14(2,3)4/h7-8H,5-6H2,1-4H3,(H,15,20)(H,16,18)(H,17,19). The Morgan fingerprint density at radius 3 is 2.50 bits per heavy atom. The number of nitrogens with one attached hydrogen (secondary N) is 3. The lowest BCUT2D eigenvalue weighted by atomic mass is 10.1. The summed E-state index contributed by atoms with van der Waals surface area (Å²) in [6.07, 6.45) is 1.55. The highest BCUT2D eigenvalue weighted by atomic mass is 16.2. The topological polar surface area (TPSA) is 91.1 Å². The van der Waals surface area contributed by atoms with E-state index in [9.17, 15) is 14.4 Å². The summed E-state index contributed by atoms with van der Waals surface area (Å²) in [6, 6.07) is 1.36. The lowest BCUT2D eigenvalue weighted by molar-refractivity contribution is -0.122. The van der Waals surface area contributed by atoms with E-state index < -0.39 is 5.91 Å². The molecule has 110 valence electrons. The molecule has 20 heavy (non-hydrogen) atoms. The average molecular weight is 279 g/mol. The lowest BCUT2D eigenvalue weighted by Gasteiger charge is -2.20. The van der Waals surface area contributed by atoms with Gasteiger partial charge in [0, 0.05) is 36.5 Å². The second kappa shape index (κ2) is 6.36. The van der Waals surface area contributed by atoms with Gasteiger partial charge in [0.05, 0.1) is 0 Å². The summed E-state index contributed by atoms with van der Waals surface area (Å²) in [4.78, 5) is 37.8. The molecule has 0 saturated heterocycles. The third-order valence-corrected chi connectivity index (χ3v) is 2.45. The fourth-order valence-corrected chi connectivity index (χ4v) is 1.62. The zero-order valence-electron chi connectivity index (χ0n) is 12.3. The molecule has 0 spiro atoms. The molecule has 2 amide bonds. The van der Waals surface area contributed by atoms with Gasteiger partial charge < -0.3 is 15.6 Å². The van der Waals surface area contributed by atoms with Gasteiger partial charge >= 0.3 is 0 Å². The van der Waals surface area contributed by atoms with E-state index >= 15 is 0 Å². The van der Waals surface area contributed by atoms with Gasteiger partial charge in [-0.3, -0.25) is 14.4 Å². The minimum Gasteiger partial charge on any atom is -0.364 e. The van der Waals surface area contributed by atoms with E-state index in [1.807, 2.05) is 20.8 Å². The van der Waals surface area contributed by atoms with Gasteiger partial charge in [0.25, 0.3) is 5.91 Å². The largest absolute Gasteiger partial charge is 0.364 e. The fourth-order valence-electron chi connectivity index (χ4n) is 1.62. The highest BCUT2D eigenvalue weighted by Crippen LogP contribution is 1.99. The minimum atomic E-state index is -0.477. The molecule has 0 aromatic carbocycles. The molecule has 0 radical (unpaired) electrons. The molecule has 0 saturated carbocycles. The van der Waals surface area contributed by atoms with E-state index in [0.717, 1.165) is 0 Å². The average Bonchev–Trinajstić information content (AvgIpc) is 2.25. The van der Waals surface area contributed by atoms with Crippen LogP contribution in [0, 0.1) is 6.92 Å². The van der Waals surface area contributed by atoms with Crippen LogP contribution in [0.15, 0.2) is 17.1 Å². The van der Waals surface area contributed by atoms with Gasteiger partial charge in [0.1, 0.15) is 5.56 Å². The van der Waals surface area contributed by atoms with Crippen molar-refractivity contribution in [3.05, 3.63) is 33.7 Å². The molecule has 0 aliphatic heterocycles. The Morgan fingerprint density at radius 1 is 1.30 bits per heavy atom. The molecule has 6 heteroatoms. The lowest BCUT2D eigenvalue weighted by Crippen LogP contribution is -2.42. The summed E-state index contributed by atoms with van der Waals surface area (Å²) < 4.78 is 0. The maximum Gasteiger partial charge on any atom is 0.256 e. The van der Waals surface area contributed by atoms with Crippen molar-refractivity contribution in [2.24, 2.45) is 0 Å². The van der Waals surface area contributed by atoms with Gasteiger partial charge in [0.2, 0.25) is 5.91 Å². The first-order valence-corrected chi connectivity index (χ1v) is 6.47. The van der Waals surface area contributed by atoms with Crippen LogP contribution in [0.2, 0.25) is 0 Å². The maximum atomic E-state index is 11.8. The van der Waals surface area contributed by atoms with Crippen LogP contribution in [-0.4, -0.2) is 28.9 Å². The van der Waals surface area contributed by atoms with Gasteiger partial charge in [-0.2, -0.15) is 0 Å². The van der Waals surface area contributed by atoms with E-state index in [2.05, 4.69) is 15.6 Å². The Kier molecular flexibility index (Phi) is 5.07. The molecule has 0 atom stereocenters. The summed E-state index contributed by atoms with van der Waals surface area (Å²) in [5.41, 5.74) is 0.107. The van der Waals surface area contributed by atoms with E-state index in [1.54, 1.807) is 6.92 Å². The zero-order valence-corrected chi connectivity index (χ0v) is 12.3. The number of pyridine rings is 1. The summed E-state index contributed by atoms with van der Waals surface area (Å²) in [5.74, 6) is -0.620. The van der Waals surface area contributed by atoms with Crippen LogP contribution in [0.3, 0.4) is 0 Å². The first-order chi connectivity index (χ1) is 9.19. The molecule has 1 rings (SSSR count). The van der Waals surface area contributed by atoms with Crippen molar-refractivity contribution in [1.82, 2.24) is 15.6 Å². The van der Waals surface area contributed by atoms with E-state index in [4.69, 9.17) is 0 Å². The zero-order chi connectivity index (χ0) is 15.3. The van der Waals surface area contributed by atoms with Crippen molar-refractivity contribution in [2.75, 3.05) is 6.54 Å². The second-order valence-electron chi connectivity index (χ2n) is 5.70. The van der Waals surface area contributed by atoms with Crippen LogP contribution in [-0.2, 0) is 4.79 Å². The highest BCUT2D eigenvalue weighted by molar-refractivity contribution is 5.94. The van der Waals surface area contributed by atoms with Gasteiger partial charge in [-0.15, -0.1) is 0 Å². The Balaban J connectivity index is 2.48. The smallest absolute Gasteiger partial charge is 0.256 e. The predicted molar refractivity (Wildman–Crippen MR) is 76.6 cm³/mol. The van der Waals surface area contributed by atoms with Crippen molar-refractivity contribution < 1.29 is 9.59 Å². The minimum absolute atomic E-state index is 0.0480. The van der Waals surface area contributed by atoms with Crippen LogP contribution in [0.1, 0.15) is 43.2 Å². The molecule has 0 unspecified atom stereocenters. The number of rotatable bonds is 4. The second-order valence-corrected chi connectivity index (χ2v) is 5.70. The van der Waals surface area contributed by atoms with E-state index in [1.165, 1.54) is 12.3 Å². The summed E-state index contributed by atoms with van der Waals surface area (Å²) in [6.45, 7) is 7.58. The summed E-state index contributed by atoms with van der Waals surface area (Å²) >= 11 is 0. The molecule has 0 bridgehead atoms. The summed E-state index contributed by atoms with van der Waals surface area (Å²) in [5, 5.41) is 5.35. The van der Waals surface area contributed by atoms with Gasteiger partial charge in [-0.1, -0.05) is 0 Å². The monoisotopic (exact) mass is 279 g/mol. The van der Waals surface area contributed by atoms with Crippen molar-refractivity contribution in [2.45, 2.75) is 39.7 Å². The molecule has 1 heterocycles. The number of H-pyrrole nitrogens is 1. The first kappa shape index (κ1) is 15.9. The van der Waals surface area contributed by atoms with Crippen molar-refractivity contribution in [1.29, 1.82) is 0 Å². The quantitative estimate of drug-likeness (QED) is 0.758. The van der Waals surface area contributed by atoms with Crippen molar-refractivity contribution in [3.63, 3.8) is 0 Å². The normalized spacial score (nSPS) is 11.0. The molecule has 3 N–H and O–H groups in total. The number of hydrogen-bond donors (Lipinski definition) is 3. The van der Waals surface area contributed by atoms with Gasteiger partial charge in [-0.25, -0.2) is 0 Å². The van der Waals surface area contributed by atoms with E-state index in [-0.39, 0.29) is 35.4 Å². The van der Waals surface area contributed by atoms with Crippen molar-refractivity contribution in [3.8, 4) is 0 Å².